The highest BCUT2D eigenvalue weighted by molar-refractivity contribution is 5.83. The molecule has 0 saturated carbocycles. The van der Waals surface area contributed by atoms with Crippen LogP contribution in [0.1, 0.15) is 11.1 Å². The van der Waals surface area contributed by atoms with Gasteiger partial charge in [0.2, 0.25) is 5.82 Å². The SMILES string of the molecule is Cc1ccc(/C=N\NC(=O)Cn2nnc(-c3ccccc3)n2)cc1[N+](=O)[O-]. The number of aromatic nitrogens is 4. The van der Waals surface area contributed by atoms with Crippen molar-refractivity contribution in [3.63, 3.8) is 0 Å². The van der Waals surface area contributed by atoms with Crippen LogP contribution in [0.4, 0.5) is 5.69 Å². The maximum Gasteiger partial charge on any atom is 0.272 e. The van der Waals surface area contributed by atoms with Gasteiger partial charge in [0, 0.05) is 22.8 Å². The Hall–Kier alpha value is -3.95. The van der Waals surface area contributed by atoms with E-state index in [-0.39, 0.29) is 12.2 Å². The molecule has 1 aromatic heterocycles. The first-order valence-corrected chi connectivity index (χ1v) is 7.93. The number of hydrogen-bond donors (Lipinski definition) is 1. The topological polar surface area (TPSA) is 128 Å². The third-order valence-electron chi connectivity index (χ3n) is 3.60. The Kier molecular flexibility index (Phi) is 5.26. The van der Waals surface area contributed by atoms with Gasteiger partial charge in [-0.25, -0.2) is 5.43 Å². The predicted octanol–water partition coefficient (Wildman–Crippen LogP) is 1.71. The molecule has 0 fully saturated rings. The molecule has 1 heterocycles. The van der Waals surface area contributed by atoms with Crippen LogP contribution in [-0.4, -0.2) is 37.3 Å². The lowest BCUT2D eigenvalue weighted by Gasteiger charge is -2.00. The summed E-state index contributed by atoms with van der Waals surface area (Å²) in [6.45, 7) is 1.49. The van der Waals surface area contributed by atoms with E-state index in [1.165, 1.54) is 12.3 Å². The van der Waals surface area contributed by atoms with E-state index in [4.69, 9.17) is 0 Å². The van der Waals surface area contributed by atoms with Gasteiger partial charge in [-0.15, -0.1) is 10.2 Å². The van der Waals surface area contributed by atoms with E-state index < -0.39 is 10.8 Å². The zero-order valence-corrected chi connectivity index (χ0v) is 14.3. The van der Waals surface area contributed by atoms with Gasteiger partial charge in [0.25, 0.3) is 11.6 Å². The van der Waals surface area contributed by atoms with Gasteiger partial charge in [-0.05, 0) is 12.1 Å². The van der Waals surface area contributed by atoms with E-state index in [2.05, 4.69) is 25.9 Å². The fourth-order valence-electron chi connectivity index (χ4n) is 2.26. The molecule has 3 aromatic rings. The Morgan fingerprint density at radius 1 is 1.30 bits per heavy atom. The molecule has 1 N–H and O–H groups in total. The van der Waals surface area contributed by atoms with Crippen LogP contribution in [-0.2, 0) is 11.3 Å². The average Bonchev–Trinajstić information content (AvgIpc) is 3.12. The zero-order valence-electron chi connectivity index (χ0n) is 14.3. The molecule has 0 aliphatic rings. The molecule has 0 atom stereocenters. The van der Waals surface area contributed by atoms with Crippen LogP contribution in [0.15, 0.2) is 53.6 Å². The summed E-state index contributed by atoms with van der Waals surface area (Å²) in [7, 11) is 0. The van der Waals surface area contributed by atoms with Crippen molar-refractivity contribution in [3.05, 3.63) is 69.8 Å². The normalized spacial score (nSPS) is 10.9. The quantitative estimate of drug-likeness (QED) is 0.402. The van der Waals surface area contributed by atoms with Crippen LogP contribution in [0.2, 0.25) is 0 Å². The van der Waals surface area contributed by atoms with Crippen molar-refractivity contribution >= 4 is 17.8 Å². The standard InChI is InChI=1S/C17H15N7O3/c1-12-7-8-13(9-15(12)24(26)27)10-18-19-16(25)11-23-21-17(20-22-23)14-5-3-2-4-6-14/h2-10H,11H2,1H3,(H,19,25)/b18-10-. The number of nitro benzene ring substituents is 1. The van der Waals surface area contributed by atoms with Crippen LogP contribution in [0.5, 0.6) is 0 Å². The second-order valence-corrected chi connectivity index (χ2v) is 5.61. The van der Waals surface area contributed by atoms with E-state index in [9.17, 15) is 14.9 Å². The molecule has 10 heteroatoms. The second kappa shape index (κ2) is 7.95. The van der Waals surface area contributed by atoms with Gasteiger partial charge in [-0.3, -0.25) is 14.9 Å². The number of rotatable bonds is 6. The molecule has 3 rings (SSSR count). The third-order valence-corrected chi connectivity index (χ3v) is 3.60. The largest absolute Gasteiger partial charge is 0.272 e. The van der Waals surface area contributed by atoms with Crippen LogP contribution < -0.4 is 5.43 Å². The van der Waals surface area contributed by atoms with E-state index in [1.54, 1.807) is 19.1 Å². The number of carbonyl (C=O) groups excluding carboxylic acids is 1. The molecule has 1 amide bonds. The van der Waals surface area contributed by atoms with Gasteiger partial charge in [-0.2, -0.15) is 9.90 Å². The van der Waals surface area contributed by atoms with E-state index in [0.717, 1.165) is 10.4 Å². The summed E-state index contributed by atoms with van der Waals surface area (Å²) in [4.78, 5) is 23.5. The van der Waals surface area contributed by atoms with Crippen molar-refractivity contribution in [2.45, 2.75) is 13.5 Å². The lowest BCUT2D eigenvalue weighted by molar-refractivity contribution is -0.385. The highest BCUT2D eigenvalue weighted by Crippen LogP contribution is 2.18. The monoisotopic (exact) mass is 365 g/mol. The Labute approximate surface area is 153 Å². The van der Waals surface area contributed by atoms with Gasteiger partial charge in [0.05, 0.1) is 11.1 Å². The summed E-state index contributed by atoms with van der Waals surface area (Å²) in [5.74, 6) is -0.0382. The molecule has 10 nitrogen and oxygen atoms in total. The minimum absolute atomic E-state index is 0.00877. The lowest BCUT2D eigenvalue weighted by Crippen LogP contribution is -2.24. The minimum Gasteiger partial charge on any atom is -0.271 e. The Bertz CT molecular complexity index is 999. The molecular weight excluding hydrogens is 350 g/mol. The summed E-state index contributed by atoms with van der Waals surface area (Å²) < 4.78 is 0. The number of hydrazone groups is 1. The highest BCUT2D eigenvalue weighted by Gasteiger charge is 2.10. The highest BCUT2D eigenvalue weighted by atomic mass is 16.6. The van der Waals surface area contributed by atoms with E-state index in [1.807, 2.05) is 30.3 Å². The molecule has 27 heavy (non-hydrogen) atoms. The van der Waals surface area contributed by atoms with Crippen molar-refractivity contribution in [2.24, 2.45) is 5.10 Å². The first-order valence-electron chi connectivity index (χ1n) is 7.93. The van der Waals surface area contributed by atoms with Crippen LogP contribution in [0, 0.1) is 17.0 Å². The second-order valence-electron chi connectivity index (χ2n) is 5.61. The van der Waals surface area contributed by atoms with Crippen LogP contribution in [0.25, 0.3) is 11.4 Å². The molecule has 0 aliphatic carbocycles. The number of benzene rings is 2. The molecule has 0 radical (unpaired) electrons. The predicted molar refractivity (Wildman–Crippen MR) is 96.8 cm³/mol. The number of aryl methyl sites for hydroxylation is 1. The van der Waals surface area contributed by atoms with Crippen LogP contribution >= 0.6 is 0 Å². The minimum atomic E-state index is -0.466. The first kappa shape index (κ1) is 17.9. The Morgan fingerprint density at radius 2 is 2.07 bits per heavy atom. The number of nitro groups is 1. The van der Waals surface area contributed by atoms with Gasteiger partial charge in [0.15, 0.2) is 0 Å². The van der Waals surface area contributed by atoms with Gasteiger partial charge in [0.1, 0.15) is 6.54 Å². The number of amides is 1. The number of nitrogens with zero attached hydrogens (tertiary/aromatic N) is 6. The number of hydrogen-bond acceptors (Lipinski definition) is 7. The summed E-state index contributed by atoms with van der Waals surface area (Å²) in [5, 5.41) is 26.6. The maximum absolute atomic E-state index is 11.9. The fourth-order valence-corrected chi connectivity index (χ4v) is 2.26. The van der Waals surface area contributed by atoms with Crippen molar-refractivity contribution in [1.82, 2.24) is 25.6 Å². The number of nitrogens with one attached hydrogen (secondary N) is 1. The zero-order chi connectivity index (χ0) is 19.2. The maximum atomic E-state index is 11.9. The Balaban J connectivity index is 1.59. The summed E-state index contributed by atoms with van der Waals surface area (Å²) in [5.41, 5.74) is 4.16. The van der Waals surface area contributed by atoms with Crippen LogP contribution in [0.3, 0.4) is 0 Å². The molecule has 0 unspecified atom stereocenters. The number of carbonyl (C=O) groups is 1. The van der Waals surface area contributed by atoms with Crippen molar-refractivity contribution < 1.29 is 9.72 Å². The third kappa shape index (κ3) is 4.57. The van der Waals surface area contributed by atoms with Crippen molar-refractivity contribution in [3.8, 4) is 11.4 Å². The summed E-state index contributed by atoms with van der Waals surface area (Å²) in [6.07, 6.45) is 1.33. The van der Waals surface area contributed by atoms with Gasteiger partial charge < -0.3 is 0 Å². The van der Waals surface area contributed by atoms with Gasteiger partial charge >= 0.3 is 0 Å². The van der Waals surface area contributed by atoms with Crippen molar-refractivity contribution in [2.75, 3.05) is 0 Å². The smallest absolute Gasteiger partial charge is 0.271 e. The lowest BCUT2D eigenvalue weighted by atomic mass is 10.1. The summed E-state index contributed by atoms with van der Waals surface area (Å²) in [6, 6.07) is 13.9. The van der Waals surface area contributed by atoms with Gasteiger partial charge in [-0.1, -0.05) is 42.5 Å². The number of tetrazole rings is 1. The fraction of sp³-hybridized carbons (Fsp3) is 0.118. The molecule has 136 valence electrons. The summed E-state index contributed by atoms with van der Waals surface area (Å²) >= 11 is 0. The molecule has 0 spiro atoms. The van der Waals surface area contributed by atoms with Crippen molar-refractivity contribution in [1.29, 1.82) is 0 Å². The first-order chi connectivity index (χ1) is 13.0. The average molecular weight is 365 g/mol. The van der Waals surface area contributed by atoms with E-state index in [0.29, 0.717) is 17.0 Å². The molecule has 0 saturated heterocycles. The molecule has 0 bridgehead atoms. The molecular formula is C17H15N7O3. The molecule has 2 aromatic carbocycles. The Morgan fingerprint density at radius 3 is 2.81 bits per heavy atom. The van der Waals surface area contributed by atoms with E-state index >= 15 is 0 Å². The molecule has 0 aliphatic heterocycles.